The van der Waals surface area contributed by atoms with Crippen molar-refractivity contribution in [2.75, 3.05) is 13.1 Å². The molecule has 94 valence electrons. The van der Waals surface area contributed by atoms with E-state index in [1.54, 1.807) is 11.3 Å². The normalized spacial score (nSPS) is 19.2. The number of benzene rings is 1. The summed E-state index contributed by atoms with van der Waals surface area (Å²) < 4.78 is 1.17. The van der Waals surface area contributed by atoms with Gasteiger partial charge in [-0.3, -0.25) is 4.79 Å². The quantitative estimate of drug-likeness (QED) is 0.881. The maximum absolute atomic E-state index is 11.9. The molecule has 0 saturated carbocycles. The summed E-state index contributed by atoms with van der Waals surface area (Å²) in [5, 5.41) is 7.14. The van der Waals surface area contributed by atoms with Crippen LogP contribution in [0.25, 0.3) is 10.2 Å². The van der Waals surface area contributed by atoms with Crippen molar-refractivity contribution in [3.63, 3.8) is 0 Å². The first-order valence-electron chi connectivity index (χ1n) is 6.16. The minimum absolute atomic E-state index is 0.124. The molecule has 3 rings (SSSR count). The molecule has 0 radical (unpaired) electrons. The molecule has 4 nitrogen and oxygen atoms in total. The van der Waals surface area contributed by atoms with Crippen molar-refractivity contribution in [1.29, 1.82) is 0 Å². The summed E-state index contributed by atoms with van der Waals surface area (Å²) in [6.45, 7) is 2.28. The van der Waals surface area contributed by atoms with Crippen LogP contribution >= 0.6 is 11.3 Å². The zero-order chi connectivity index (χ0) is 12.4. The van der Waals surface area contributed by atoms with E-state index in [-0.39, 0.29) is 11.8 Å². The Morgan fingerprint density at radius 1 is 1.50 bits per heavy atom. The summed E-state index contributed by atoms with van der Waals surface area (Å²) in [6.07, 6.45) is 0.936. The van der Waals surface area contributed by atoms with E-state index in [1.807, 2.05) is 18.2 Å². The van der Waals surface area contributed by atoms with Gasteiger partial charge < -0.3 is 10.6 Å². The number of carbonyl (C=O) groups excluding carboxylic acids is 1. The van der Waals surface area contributed by atoms with Crippen LogP contribution in [0.4, 0.5) is 0 Å². The molecule has 1 atom stereocenters. The first-order chi connectivity index (χ1) is 8.83. The van der Waals surface area contributed by atoms with Gasteiger partial charge in [0.2, 0.25) is 5.91 Å². The zero-order valence-electron chi connectivity index (χ0n) is 9.98. The van der Waals surface area contributed by atoms with Crippen LogP contribution in [0.2, 0.25) is 0 Å². The van der Waals surface area contributed by atoms with Gasteiger partial charge in [0.05, 0.1) is 22.7 Å². The zero-order valence-corrected chi connectivity index (χ0v) is 10.8. The number of nitrogens with one attached hydrogen (secondary N) is 2. The van der Waals surface area contributed by atoms with Crippen LogP contribution in [-0.2, 0) is 11.3 Å². The highest BCUT2D eigenvalue weighted by Gasteiger charge is 2.22. The topological polar surface area (TPSA) is 54.0 Å². The molecule has 1 saturated heterocycles. The summed E-state index contributed by atoms with van der Waals surface area (Å²) in [5.74, 6) is 0.263. The number of thiazole rings is 1. The number of fused-ring (bicyclic) bond motifs is 1. The molecule has 1 aromatic heterocycles. The minimum Gasteiger partial charge on any atom is -0.349 e. The number of hydrogen-bond donors (Lipinski definition) is 2. The van der Waals surface area contributed by atoms with E-state index in [0.717, 1.165) is 30.0 Å². The maximum Gasteiger partial charge on any atom is 0.224 e. The third kappa shape index (κ3) is 2.37. The van der Waals surface area contributed by atoms with Crippen molar-refractivity contribution < 1.29 is 4.79 Å². The van der Waals surface area contributed by atoms with E-state index in [4.69, 9.17) is 0 Å². The van der Waals surface area contributed by atoms with Gasteiger partial charge in [-0.2, -0.15) is 0 Å². The van der Waals surface area contributed by atoms with Gasteiger partial charge in [-0.25, -0.2) is 4.98 Å². The number of aromatic nitrogens is 1. The molecule has 1 amide bonds. The van der Waals surface area contributed by atoms with Gasteiger partial charge in [-0.15, -0.1) is 11.3 Å². The summed E-state index contributed by atoms with van der Waals surface area (Å²) in [6, 6.07) is 8.04. The Balaban J connectivity index is 1.63. The molecule has 18 heavy (non-hydrogen) atoms. The van der Waals surface area contributed by atoms with Crippen LogP contribution in [0.15, 0.2) is 24.3 Å². The molecule has 5 heteroatoms. The van der Waals surface area contributed by atoms with Crippen molar-refractivity contribution in [3.05, 3.63) is 29.3 Å². The molecule has 0 spiro atoms. The molecule has 1 unspecified atom stereocenters. The van der Waals surface area contributed by atoms with Gasteiger partial charge in [-0.1, -0.05) is 12.1 Å². The van der Waals surface area contributed by atoms with E-state index < -0.39 is 0 Å². The lowest BCUT2D eigenvalue weighted by Gasteiger charge is -2.07. The molecule has 2 aromatic rings. The first-order valence-corrected chi connectivity index (χ1v) is 6.97. The van der Waals surface area contributed by atoms with Crippen LogP contribution in [0, 0.1) is 5.92 Å². The third-order valence-corrected chi connectivity index (χ3v) is 4.22. The minimum atomic E-state index is 0.124. The summed E-state index contributed by atoms with van der Waals surface area (Å²) in [4.78, 5) is 16.4. The predicted molar refractivity (Wildman–Crippen MR) is 72.4 cm³/mol. The Morgan fingerprint density at radius 2 is 2.39 bits per heavy atom. The lowest BCUT2D eigenvalue weighted by atomic mass is 10.1. The lowest BCUT2D eigenvalue weighted by Crippen LogP contribution is -2.31. The molecular weight excluding hydrogens is 246 g/mol. The summed E-state index contributed by atoms with van der Waals surface area (Å²) in [5.41, 5.74) is 1.01. The molecule has 1 aliphatic rings. The highest BCUT2D eigenvalue weighted by Crippen LogP contribution is 2.21. The SMILES string of the molecule is O=C(NCc1nc2ccccc2s1)C1CCNC1. The molecule has 0 aliphatic carbocycles. The number of para-hydroxylation sites is 1. The third-order valence-electron chi connectivity index (χ3n) is 3.18. The van der Waals surface area contributed by atoms with E-state index in [1.165, 1.54) is 4.70 Å². The van der Waals surface area contributed by atoms with Gasteiger partial charge >= 0.3 is 0 Å². The van der Waals surface area contributed by atoms with Gasteiger partial charge in [-0.05, 0) is 25.1 Å². The molecule has 2 heterocycles. The number of hydrogen-bond acceptors (Lipinski definition) is 4. The van der Waals surface area contributed by atoms with E-state index >= 15 is 0 Å². The van der Waals surface area contributed by atoms with Crippen LogP contribution < -0.4 is 10.6 Å². The fraction of sp³-hybridized carbons (Fsp3) is 0.385. The standard InChI is InChI=1S/C13H15N3OS/c17-13(9-5-6-14-7-9)15-8-12-16-10-3-1-2-4-11(10)18-12/h1-4,9,14H,5-8H2,(H,15,17). The molecule has 1 aromatic carbocycles. The Morgan fingerprint density at radius 3 is 3.17 bits per heavy atom. The average Bonchev–Trinajstić information content (AvgIpc) is 3.04. The number of amides is 1. The fourth-order valence-electron chi connectivity index (χ4n) is 2.18. The van der Waals surface area contributed by atoms with Crippen LogP contribution in [0.3, 0.4) is 0 Å². The van der Waals surface area contributed by atoms with Gasteiger partial charge in [0, 0.05) is 6.54 Å². The molecule has 1 aliphatic heterocycles. The molecular formula is C13H15N3OS. The first kappa shape index (κ1) is 11.6. The van der Waals surface area contributed by atoms with Crippen LogP contribution in [0.5, 0.6) is 0 Å². The Labute approximate surface area is 109 Å². The molecule has 0 bridgehead atoms. The van der Waals surface area contributed by atoms with Gasteiger partial charge in [0.15, 0.2) is 0 Å². The van der Waals surface area contributed by atoms with Crippen LogP contribution in [0.1, 0.15) is 11.4 Å². The second kappa shape index (κ2) is 5.04. The highest BCUT2D eigenvalue weighted by atomic mass is 32.1. The van der Waals surface area contributed by atoms with Gasteiger partial charge in [0.1, 0.15) is 5.01 Å². The maximum atomic E-state index is 11.9. The van der Waals surface area contributed by atoms with Crippen molar-refractivity contribution in [3.8, 4) is 0 Å². The Kier molecular flexibility index (Phi) is 3.25. The Bertz CT molecular complexity index is 527. The van der Waals surface area contributed by atoms with E-state index in [0.29, 0.717) is 6.54 Å². The lowest BCUT2D eigenvalue weighted by molar-refractivity contribution is -0.124. The fourth-order valence-corrected chi connectivity index (χ4v) is 3.09. The molecule has 1 fully saturated rings. The highest BCUT2D eigenvalue weighted by molar-refractivity contribution is 7.18. The molecule has 2 N–H and O–H groups in total. The second-order valence-corrected chi connectivity index (χ2v) is 5.60. The van der Waals surface area contributed by atoms with Crippen LogP contribution in [-0.4, -0.2) is 24.0 Å². The van der Waals surface area contributed by atoms with Crippen molar-refractivity contribution >= 4 is 27.5 Å². The largest absolute Gasteiger partial charge is 0.349 e. The summed E-state index contributed by atoms with van der Waals surface area (Å²) in [7, 11) is 0. The smallest absolute Gasteiger partial charge is 0.224 e. The Hall–Kier alpha value is -1.46. The number of nitrogens with zero attached hydrogens (tertiary/aromatic N) is 1. The summed E-state index contributed by atoms with van der Waals surface area (Å²) >= 11 is 1.64. The van der Waals surface area contributed by atoms with Crippen molar-refractivity contribution in [2.24, 2.45) is 5.92 Å². The predicted octanol–water partition coefficient (Wildman–Crippen LogP) is 1.52. The van der Waals surface area contributed by atoms with Crippen molar-refractivity contribution in [2.45, 2.75) is 13.0 Å². The number of rotatable bonds is 3. The van der Waals surface area contributed by atoms with Crippen molar-refractivity contribution in [1.82, 2.24) is 15.6 Å². The second-order valence-electron chi connectivity index (χ2n) is 4.48. The van der Waals surface area contributed by atoms with E-state index in [9.17, 15) is 4.79 Å². The van der Waals surface area contributed by atoms with Gasteiger partial charge in [0.25, 0.3) is 0 Å². The monoisotopic (exact) mass is 261 g/mol. The number of carbonyl (C=O) groups is 1. The van der Waals surface area contributed by atoms with E-state index in [2.05, 4.69) is 21.7 Å². The average molecular weight is 261 g/mol.